The van der Waals surface area contributed by atoms with Gasteiger partial charge in [0.15, 0.2) is 0 Å². The predicted octanol–water partition coefficient (Wildman–Crippen LogP) is 0.224. The molecule has 2 atom stereocenters. The third kappa shape index (κ3) is 4.41. The Morgan fingerprint density at radius 1 is 1.33 bits per heavy atom. The van der Waals surface area contributed by atoms with Gasteiger partial charge in [-0.15, -0.1) is 0 Å². The zero-order valence-electron chi connectivity index (χ0n) is 13.1. The van der Waals surface area contributed by atoms with E-state index in [1.807, 2.05) is 0 Å². The number of nitrogens with one attached hydrogen (secondary N) is 1. The summed E-state index contributed by atoms with van der Waals surface area (Å²) in [4.78, 5) is 27.9. The van der Waals surface area contributed by atoms with Crippen LogP contribution in [0.25, 0.3) is 0 Å². The molecule has 120 valence electrons. The summed E-state index contributed by atoms with van der Waals surface area (Å²) >= 11 is 0. The van der Waals surface area contributed by atoms with Crippen LogP contribution in [0.1, 0.15) is 32.1 Å². The molecule has 0 aliphatic carbocycles. The first-order chi connectivity index (χ1) is 10.1. The summed E-state index contributed by atoms with van der Waals surface area (Å²) in [7, 11) is 3.46. The van der Waals surface area contributed by atoms with Crippen LogP contribution in [0.5, 0.6) is 0 Å². The van der Waals surface area contributed by atoms with Crippen LogP contribution in [0.15, 0.2) is 0 Å². The molecule has 2 aliphatic rings. The van der Waals surface area contributed by atoms with Crippen molar-refractivity contribution in [2.24, 2.45) is 0 Å². The molecular weight excluding hydrogens is 270 g/mol. The SMILES string of the molecule is CN(C)C(=O)C1CNCCN1C(=O)CCC1CCCCO1. The highest BCUT2D eigenvalue weighted by atomic mass is 16.5. The van der Waals surface area contributed by atoms with E-state index in [0.29, 0.717) is 19.5 Å². The monoisotopic (exact) mass is 297 g/mol. The van der Waals surface area contributed by atoms with Crippen molar-refractivity contribution in [3.8, 4) is 0 Å². The smallest absolute Gasteiger partial charge is 0.246 e. The average molecular weight is 297 g/mol. The van der Waals surface area contributed by atoms with Gasteiger partial charge in [-0.2, -0.15) is 0 Å². The third-order valence-electron chi connectivity index (χ3n) is 4.24. The lowest BCUT2D eigenvalue weighted by atomic mass is 10.0. The number of amides is 2. The number of likely N-dealkylation sites (N-methyl/N-ethyl adjacent to an activating group) is 1. The minimum atomic E-state index is -0.367. The predicted molar refractivity (Wildman–Crippen MR) is 79.9 cm³/mol. The van der Waals surface area contributed by atoms with Crippen molar-refractivity contribution in [1.29, 1.82) is 0 Å². The maximum absolute atomic E-state index is 12.5. The van der Waals surface area contributed by atoms with Crippen molar-refractivity contribution < 1.29 is 14.3 Å². The molecule has 2 unspecified atom stereocenters. The molecule has 6 nitrogen and oxygen atoms in total. The van der Waals surface area contributed by atoms with Crippen molar-refractivity contribution in [3.05, 3.63) is 0 Å². The molecule has 0 saturated carbocycles. The lowest BCUT2D eigenvalue weighted by molar-refractivity contribution is -0.146. The Hall–Kier alpha value is -1.14. The Bertz CT molecular complexity index is 367. The Morgan fingerprint density at radius 3 is 2.81 bits per heavy atom. The van der Waals surface area contributed by atoms with E-state index in [1.54, 1.807) is 23.9 Å². The molecule has 2 amide bonds. The number of ether oxygens (including phenoxy) is 1. The van der Waals surface area contributed by atoms with E-state index < -0.39 is 0 Å². The summed E-state index contributed by atoms with van der Waals surface area (Å²) in [6.45, 7) is 2.72. The highest BCUT2D eigenvalue weighted by Gasteiger charge is 2.33. The fourth-order valence-corrected chi connectivity index (χ4v) is 2.98. The second-order valence-corrected chi connectivity index (χ2v) is 6.07. The Balaban J connectivity index is 1.87. The molecule has 0 spiro atoms. The summed E-state index contributed by atoms with van der Waals surface area (Å²) in [6.07, 6.45) is 4.83. The van der Waals surface area contributed by atoms with Crippen LogP contribution in [0.4, 0.5) is 0 Å². The molecule has 0 aromatic carbocycles. The Kier molecular flexibility index (Phi) is 5.99. The molecule has 0 bridgehead atoms. The maximum atomic E-state index is 12.5. The molecule has 0 aromatic heterocycles. The van der Waals surface area contributed by atoms with E-state index >= 15 is 0 Å². The van der Waals surface area contributed by atoms with Gasteiger partial charge in [-0.1, -0.05) is 0 Å². The van der Waals surface area contributed by atoms with E-state index in [0.717, 1.165) is 32.4 Å². The van der Waals surface area contributed by atoms with Gasteiger partial charge in [0.05, 0.1) is 6.10 Å². The standard InChI is InChI=1S/C15H27N3O3/c1-17(2)15(20)13-11-16-8-9-18(13)14(19)7-6-12-5-3-4-10-21-12/h12-13,16H,3-11H2,1-2H3. The zero-order chi connectivity index (χ0) is 15.2. The number of nitrogens with zero attached hydrogens (tertiary/aromatic N) is 2. The maximum Gasteiger partial charge on any atom is 0.246 e. The summed E-state index contributed by atoms with van der Waals surface area (Å²) in [5.41, 5.74) is 0. The van der Waals surface area contributed by atoms with Crippen LogP contribution in [0.2, 0.25) is 0 Å². The molecule has 1 N–H and O–H groups in total. The van der Waals surface area contributed by atoms with Crippen molar-refractivity contribution in [2.45, 2.75) is 44.2 Å². The van der Waals surface area contributed by atoms with Gasteiger partial charge in [-0.25, -0.2) is 0 Å². The highest BCUT2D eigenvalue weighted by molar-refractivity contribution is 5.88. The van der Waals surface area contributed by atoms with Gasteiger partial charge in [0.25, 0.3) is 0 Å². The van der Waals surface area contributed by atoms with Crippen molar-refractivity contribution in [2.75, 3.05) is 40.3 Å². The molecule has 2 rings (SSSR count). The lowest BCUT2D eigenvalue weighted by Crippen LogP contribution is -2.59. The van der Waals surface area contributed by atoms with Gasteiger partial charge in [-0.3, -0.25) is 9.59 Å². The number of carbonyl (C=O) groups is 2. The average Bonchev–Trinajstić information content (AvgIpc) is 2.52. The zero-order valence-corrected chi connectivity index (χ0v) is 13.1. The summed E-state index contributed by atoms with van der Waals surface area (Å²) < 4.78 is 5.67. The Labute approximate surface area is 126 Å². The minimum absolute atomic E-state index is 0.00975. The fourth-order valence-electron chi connectivity index (χ4n) is 2.98. The van der Waals surface area contributed by atoms with Gasteiger partial charge in [0.2, 0.25) is 11.8 Å². The first-order valence-corrected chi connectivity index (χ1v) is 7.92. The van der Waals surface area contributed by atoms with Crippen molar-refractivity contribution >= 4 is 11.8 Å². The summed E-state index contributed by atoms with van der Waals surface area (Å²) in [6, 6.07) is -0.367. The number of hydrogen-bond acceptors (Lipinski definition) is 4. The lowest BCUT2D eigenvalue weighted by Gasteiger charge is -2.36. The molecular formula is C15H27N3O3. The summed E-state index contributed by atoms with van der Waals surface area (Å²) in [5.74, 6) is 0.0651. The number of hydrogen-bond donors (Lipinski definition) is 1. The third-order valence-corrected chi connectivity index (χ3v) is 4.24. The molecule has 2 fully saturated rings. The molecule has 21 heavy (non-hydrogen) atoms. The first kappa shape index (κ1) is 16.2. The first-order valence-electron chi connectivity index (χ1n) is 7.92. The number of rotatable bonds is 4. The van der Waals surface area contributed by atoms with Gasteiger partial charge in [0.1, 0.15) is 6.04 Å². The molecule has 0 aromatic rings. The Morgan fingerprint density at radius 2 is 2.14 bits per heavy atom. The fraction of sp³-hybridized carbons (Fsp3) is 0.867. The van der Waals surface area contributed by atoms with Crippen LogP contribution in [0.3, 0.4) is 0 Å². The van der Waals surface area contributed by atoms with E-state index in [4.69, 9.17) is 4.74 Å². The molecule has 2 saturated heterocycles. The van der Waals surface area contributed by atoms with E-state index in [-0.39, 0.29) is 24.0 Å². The number of carbonyl (C=O) groups excluding carboxylic acids is 2. The topological polar surface area (TPSA) is 61.9 Å². The van der Waals surface area contributed by atoms with Gasteiger partial charge in [-0.05, 0) is 25.7 Å². The van der Waals surface area contributed by atoms with Crippen LogP contribution >= 0.6 is 0 Å². The van der Waals surface area contributed by atoms with Crippen LogP contribution < -0.4 is 5.32 Å². The quantitative estimate of drug-likeness (QED) is 0.806. The molecule has 0 radical (unpaired) electrons. The van der Waals surface area contributed by atoms with E-state index in [9.17, 15) is 9.59 Å². The second kappa shape index (κ2) is 7.75. The van der Waals surface area contributed by atoms with Crippen LogP contribution in [-0.4, -0.2) is 74.1 Å². The molecule has 2 heterocycles. The highest BCUT2D eigenvalue weighted by Crippen LogP contribution is 2.18. The van der Waals surface area contributed by atoms with E-state index in [2.05, 4.69) is 5.32 Å². The largest absolute Gasteiger partial charge is 0.378 e. The molecule has 2 aliphatic heterocycles. The van der Waals surface area contributed by atoms with Crippen molar-refractivity contribution in [1.82, 2.24) is 15.1 Å². The molecule has 6 heteroatoms. The van der Waals surface area contributed by atoms with Gasteiger partial charge in [0, 0.05) is 46.8 Å². The van der Waals surface area contributed by atoms with Gasteiger partial charge < -0.3 is 19.9 Å². The normalized spacial score (nSPS) is 26.5. The number of piperazine rings is 1. The van der Waals surface area contributed by atoms with E-state index in [1.165, 1.54) is 6.42 Å². The van der Waals surface area contributed by atoms with Crippen LogP contribution in [-0.2, 0) is 14.3 Å². The minimum Gasteiger partial charge on any atom is -0.378 e. The van der Waals surface area contributed by atoms with Crippen LogP contribution in [0, 0.1) is 0 Å². The van der Waals surface area contributed by atoms with Gasteiger partial charge >= 0.3 is 0 Å². The summed E-state index contributed by atoms with van der Waals surface area (Å²) in [5, 5.41) is 3.19. The second-order valence-electron chi connectivity index (χ2n) is 6.07. The van der Waals surface area contributed by atoms with Crippen molar-refractivity contribution in [3.63, 3.8) is 0 Å².